The van der Waals surface area contributed by atoms with E-state index >= 15 is 0 Å². The Kier molecular flexibility index (Phi) is 12.9. The third-order valence-corrected chi connectivity index (χ3v) is 8.83. The highest BCUT2D eigenvalue weighted by molar-refractivity contribution is 5.90. The van der Waals surface area contributed by atoms with Gasteiger partial charge in [0.2, 0.25) is 11.8 Å². The van der Waals surface area contributed by atoms with Crippen LogP contribution < -0.4 is 16.0 Å². The Morgan fingerprint density at radius 1 is 0.922 bits per heavy atom. The van der Waals surface area contributed by atoms with Gasteiger partial charge in [-0.15, -0.1) is 0 Å². The molecule has 3 aromatic rings. The zero-order valence-corrected chi connectivity index (χ0v) is 28.4. The number of aliphatic hydroxyl groups excluding tert-OH is 1. The number of benzene rings is 3. The number of fused-ring (bicyclic) bond motifs is 3. The van der Waals surface area contributed by atoms with Crippen LogP contribution in [0.5, 0.6) is 0 Å². The van der Waals surface area contributed by atoms with Crippen LogP contribution in [0.3, 0.4) is 0 Å². The van der Waals surface area contributed by atoms with E-state index in [1.807, 2.05) is 54.6 Å². The first kappa shape index (κ1) is 36.8. The van der Waals surface area contributed by atoms with Crippen LogP contribution in [0.1, 0.15) is 55.2 Å². The molecule has 0 saturated heterocycles. The van der Waals surface area contributed by atoms with E-state index in [-0.39, 0.29) is 45.0 Å². The van der Waals surface area contributed by atoms with Crippen molar-refractivity contribution in [1.82, 2.24) is 16.0 Å². The zero-order chi connectivity index (χ0) is 36.2. The molecule has 1 heterocycles. The Hall–Kier alpha value is -5.49. The molecule has 1 aliphatic carbocycles. The molecule has 4 unspecified atom stereocenters. The number of cyclic esters (lactones) is 1. The van der Waals surface area contributed by atoms with Gasteiger partial charge in [0.05, 0.1) is 12.5 Å². The van der Waals surface area contributed by atoms with E-state index in [0.29, 0.717) is 12.0 Å². The molecule has 12 heteroatoms. The van der Waals surface area contributed by atoms with Crippen molar-refractivity contribution in [2.45, 2.75) is 63.3 Å². The van der Waals surface area contributed by atoms with Crippen molar-refractivity contribution < 1.29 is 43.3 Å². The highest BCUT2D eigenvalue weighted by Crippen LogP contribution is 2.44. The molecule has 4 atom stereocenters. The van der Waals surface area contributed by atoms with Crippen LogP contribution in [0.2, 0.25) is 0 Å². The number of carbonyl (C=O) groups is 5. The van der Waals surface area contributed by atoms with E-state index in [1.54, 1.807) is 43.3 Å². The first-order valence-corrected chi connectivity index (χ1v) is 17.1. The maximum absolute atomic E-state index is 13.4. The highest BCUT2D eigenvalue weighted by atomic mass is 16.6. The highest BCUT2D eigenvalue weighted by Gasteiger charge is 2.33. The first-order chi connectivity index (χ1) is 24.7. The quantitative estimate of drug-likeness (QED) is 0.139. The SMILES string of the molecule is CC(CO)NC(=O)CC1CC=CCCC(NC(=O)OCC2c3ccccc3-c3ccccc32)C(=O)OCC(C(=O)OCc2ccccc2)NC1=O. The molecule has 2 aliphatic rings. The lowest BCUT2D eigenvalue weighted by Crippen LogP contribution is -2.49. The van der Waals surface area contributed by atoms with Crippen molar-refractivity contribution in [3.8, 4) is 11.1 Å². The molecule has 0 spiro atoms. The summed E-state index contributed by atoms with van der Waals surface area (Å²) in [6, 6.07) is 21.8. The number of allylic oxidation sites excluding steroid dienone is 2. The molecule has 0 fully saturated rings. The summed E-state index contributed by atoms with van der Waals surface area (Å²) in [6.07, 6.45) is 3.07. The summed E-state index contributed by atoms with van der Waals surface area (Å²) in [5.41, 5.74) is 4.97. The molecule has 5 rings (SSSR count). The number of amides is 3. The van der Waals surface area contributed by atoms with E-state index in [0.717, 1.165) is 22.3 Å². The smallest absolute Gasteiger partial charge is 0.407 e. The number of aliphatic hydroxyl groups is 1. The first-order valence-electron chi connectivity index (χ1n) is 17.1. The van der Waals surface area contributed by atoms with E-state index < -0.39 is 60.5 Å². The van der Waals surface area contributed by atoms with Crippen LogP contribution in [0.15, 0.2) is 91.0 Å². The molecule has 51 heavy (non-hydrogen) atoms. The average Bonchev–Trinajstić information content (AvgIpc) is 3.46. The Morgan fingerprint density at radius 3 is 2.27 bits per heavy atom. The molecule has 3 aromatic carbocycles. The Bertz CT molecular complexity index is 1680. The summed E-state index contributed by atoms with van der Waals surface area (Å²) in [6.45, 7) is 0.750. The topological polar surface area (TPSA) is 169 Å². The van der Waals surface area contributed by atoms with Gasteiger partial charge in [0, 0.05) is 18.4 Å². The Morgan fingerprint density at radius 2 is 1.59 bits per heavy atom. The van der Waals surface area contributed by atoms with E-state index in [2.05, 4.69) is 16.0 Å². The van der Waals surface area contributed by atoms with Crippen molar-refractivity contribution in [2.24, 2.45) is 5.92 Å². The monoisotopic (exact) mass is 697 g/mol. The van der Waals surface area contributed by atoms with Gasteiger partial charge in [-0.3, -0.25) is 9.59 Å². The van der Waals surface area contributed by atoms with Gasteiger partial charge in [-0.25, -0.2) is 14.4 Å². The fraction of sp³-hybridized carbons (Fsp3) is 0.359. The van der Waals surface area contributed by atoms with Gasteiger partial charge in [0.25, 0.3) is 0 Å². The predicted octanol–water partition coefficient (Wildman–Crippen LogP) is 3.91. The number of alkyl carbamates (subject to hydrolysis) is 1. The second-order valence-electron chi connectivity index (χ2n) is 12.6. The van der Waals surface area contributed by atoms with Gasteiger partial charge in [-0.2, -0.15) is 0 Å². The van der Waals surface area contributed by atoms with E-state index in [9.17, 15) is 29.1 Å². The number of hydrogen-bond donors (Lipinski definition) is 4. The molecule has 4 N–H and O–H groups in total. The lowest BCUT2D eigenvalue weighted by molar-refractivity contribution is -0.156. The molecule has 12 nitrogen and oxygen atoms in total. The van der Waals surface area contributed by atoms with E-state index in [4.69, 9.17) is 14.2 Å². The second-order valence-corrected chi connectivity index (χ2v) is 12.6. The minimum atomic E-state index is -1.40. The summed E-state index contributed by atoms with van der Waals surface area (Å²) in [5.74, 6) is -3.77. The molecule has 0 bridgehead atoms. The molecule has 1 aliphatic heterocycles. The van der Waals surface area contributed by atoms with Gasteiger partial charge in [-0.1, -0.05) is 91.0 Å². The number of hydrogen-bond acceptors (Lipinski definition) is 9. The minimum absolute atomic E-state index is 0.0505. The lowest BCUT2D eigenvalue weighted by atomic mass is 9.98. The average molecular weight is 698 g/mol. The van der Waals surface area contributed by atoms with Crippen LogP contribution >= 0.6 is 0 Å². The molecule has 268 valence electrons. The van der Waals surface area contributed by atoms with Crippen molar-refractivity contribution in [3.63, 3.8) is 0 Å². The van der Waals surface area contributed by atoms with Crippen molar-refractivity contribution in [2.75, 3.05) is 19.8 Å². The number of rotatable bonds is 10. The van der Waals surface area contributed by atoms with Crippen LogP contribution in [-0.2, 0) is 40.0 Å². The normalized spacial score (nSPS) is 19.8. The second kappa shape index (κ2) is 18.0. The van der Waals surface area contributed by atoms with Crippen LogP contribution in [0, 0.1) is 5.92 Å². The zero-order valence-electron chi connectivity index (χ0n) is 28.4. The Balaban J connectivity index is 1.27. The summed E-state index contributed by atoms with van der Waals surface area (Å²) in [4.78, 5) is 65.8. The number of ether oxygens (including phenoxy) is 3. The van der Waals surface area contributed by atoms with Crippen LogP contribution in [0.4, 0.5) is 4.79 Å². The molecular formula is C39H43N3O9. The lowest BCUT2D eigenvalue weighted by Gasteiger charge is -2.23. The fourth-order valence-electron chi connectivity index (χ4n) is 6.11. The number of nitrogens with one attached hydrogen (secondary N) is 3. The van der Waals surface area contributed by atoms with Crippen LogP contribution in [0.25, 0.3) is 11.1 Å². The summed E-state index contributed by atoms with van der Waals surface area (Å²) in [5, 5.41) is 17.2. The van der Waals surface area contributed by atoms with Crippen molar-refractivity contribution in [1.29, 1.82) is 0 Å². The van der Waals surface area contributed by atoms with Gasteiger partial charge in [0.1, 0.15) is 25.9 Å². The maximum Gasteiger partial charge on any atom is 0.407 e. The largest absolute Gasteiger partial charge is 0.461 e. The third-order valence-electron chi connectivity index (χ3n) is 8.83. The van der Waals surface area contributed by atoms with Crippen molar-refractivity contribution in [3.05, 3.63) is 108 Å². The van der Waals surface area contributed by atoms with Gasteiger partial charge in [-0.05, 0) is 54.0 Å². The minimum Gasteiger partial charge on any atom is -0.461 e. The standard InChI is InChI=1S/C39H43N3O9/c1-25(21-43)40-35(44)20-27-14-6-3-7-19-33(37(46)50-24-34(41-36(27)45)38(47)49-22-26-12-4-2-5-13-26)42-39(48)51-23-32-30-17-10-8-15-28(30)29-16-9-11-18-31(29)32/h2-6,8-13,15-18,25,27,32-34,43H,7,14,19-24H2,1H3,(H,40,44)(H,41,45)(H,42,48). The summed E-state index contributed by atoms with van der Waals surface area (Å²) >= 11 is 0. The molecule has 0 radical (unpaired) electrons. The number of esters is 2. The number of carbonyl (C=O) groups excluding carboxylic acids is 5. The van der Waals surface area contributed by atoms with Gasteiger partial charge in [0.15, 0.2) is 6.04 Å². The van der Waals surface area contributed by atoms with E-state index in [1.165, 1.54) is 0 Å². The molecule has 3 amide bonds. The predicted molar refractivity (Wildman–Crippen MR) is 187 cm³/mol. The summed E-state index contributed by atoms with van der Waals surface area (Å²) < 4.78 is 16.6. The van der Waals surface area contributed by atoms with Crippen LogP contribution in [-0.4, -0.2) is 72.9 Å². The summed E-state index contributed by atoms with van der Waals surface area (Å²) in [7, 11) is 0. The maximum atomic E-state index is 13.4. The molecule has 0 aromatic heterocycles. The third kappa shape index (κ3) is 10.0. The van der Waals surface area contributed by atoms with Crippen molar-refractivity contribution >= 4 is 29.8 Å². The Labute approximate surface area is 296 Å². The van der Waals surface area contributed by atoms with Gasteiger partial charge < -0.3 is 35.3 Å². The van der Waals surface area contributed by atoms with Gasteiger partial charge >= 0.3 is 18.0 Å². The molecular weight excluding hydrogens is 654 g/mol. The fourth-order valence-corrected chi connectivity index (χ4v) is 6.11. The molecule has 0 saturated carbocycles.